The summed E-state index contributed by atoms with van der Waals surface area (Å²) in [7, 11) is 0. The second kappa shape index (κ2) is 16.0. The smallest absolute Gasteiger partial charge is 0.306 e. The molecule has 0 aromatic rings. The first-order valence-electron chi connectivity index (χ1n) is 21.4. The first kappa shape index (κ1) is 41.8. The number of carboxylic acid groups (broad SMARTS) is 2. The van der Waals surface area contributed by atoms with Crippen LogP contribution < -0.4 is 5.32 Å². The minimum atomic E-state index is -0.971. The van der Waals surface area contributed by atoms with Gasteiger partial charge < -0.3 is 20.3 Å². The minimum absolute atomic E-state index is 0.0314. The van der Waals surface area contributed by atoms with Gasteiger partial charge in [-0.25, -0.2) is 0 Å². The molecule has 53 heavy (non-hydrogen) atoms. The van der Waals surface area contributed by atoms with Crippen LogP contribution in [-0.2, 0) is 23.9 Å². The highest BCUT2D eigenvalue weighted by molar-refractivity contribution is 5.84. The highest BCUT2D eigenvalue weighted by Crippen LogP contribution is 2.76. The second-order valence-electron chi connectivity index (χ2n) is 20.3. The fourth-order valence-corrected chi connectivity index (χ4v) is 13.1. The van der Waals surface area contributed by atoms with Gasteiger partial charge in [-0.15, -0.1) is 0 Å². The predicted octanol–water partition coefficient (Wildman–Crippen LogP) is 10.3. The van der Waals surface area contributed by atoms with Gasteiger partial charge in [-0.05, 0) is 116 Å². The normalized spacial score (nSPS) is 36.8. The highest BCUT2D eigenvalue weighted by Gasteiger charge is 2.69. The van der Waals surface area contributed by atoms with E-state index in [1.165, 1.54) is 6.42 Å². The molecule has 5 aliphatic rings. The van der Waals surface area contributed by atoms with Crippen LogP contribution in [0.1, 0.15) is 183 Å². The maximum atomic E-state index is 14.4. The van der Waals surface area contributed by atoms with E-state index in [0.717, 1.165) is 116 Å². The summed E-state index contributed by atoms with van der Waals surface area (Å²) in [5.41, 5.74) is 1.50. The maximum Gasteiger partial charge on any atom is 0.306 e. The van der Waals surface area contributed by atoms with Gasteiger partial charge in [-0.2, -0.15) is 0 Å². The molecule has 0 radical (unpaired) electrons. The molecule has 5 aliphatic carbocycles. The number of carbonyl (C=O) groups excluding carboxylic acids is 2. The zero-order valence-corrected chi connectivity index (χ0v) is 34.4. The molecule has 0 saturated heterocycles. The number of esters is 1. The molecule has 1 amide bonds. The standard InChI is InChI=1S/C45H73NO7/c1-40(2)25-27-45(39(52)46-29-15-13-11-9-8-10-12-14-16-36(47)48)28-26-43(6)31(32(45)30-40)17-18-34-42(5)23-22-35(53-38(51)20-19-37(49)50)41(3,4)33(42)21-24-44(34,43)7/h17,32-35H,8-16,18-30H2,1-7H3,(H,46,52)(H,47,48)(H,49,50)/t32?,33?,34?,35-,42-,43+,44+,45-/m0/s1. The third-order valence-electron chi connectivity index (χ3n) is 16.4. The van der Waals surface area contributed by atoms with E-state index in [9.17, 15) is 19.2 Å². The van der Waals surface area contributed by atoms with E-state index in [1.54, 1.807) is 5.57 Å². The van der Waals surface area contributed by atoms with Crippen molar-refractivity contribution in [1.82, 2.24) is 5.32 Å². The summed E-state index contributed by atoms with van der Waals surface area (Å²) in [5.74, 6) is -0.589. The summed E-state index contributed by atoms with van der Waals surface area (Å²) in [6.45, 7) is 17.8. The minimum Gasteiger partial charge on any atom is -0.481 e. The summed E-state index contributed by atoms with van der Waals surface area (Å²) in [4.78, 5) is 48.9. The van der Waals surface area contributed by atoms with E-state index >= 15 is 0 Å². The third-order valence-corrected chi connectivity index (χ3v) is 16.4. The lowest BCUT2D eigenvalue weighted by Gasteiger charge is -2.71. The third kappa shape index (κ3) is 8.13. The van der Waals surface area contributed by atoms with Gasteiger partial charge in [0.25, 0.3) is 0 Å². The number of nitrogens with one attached hydrogen (secondary N) is 1. The number of rotatable bonds is 16. The monoisotopic (exact) mass is 740 g/mol. The van der Waals surface area contributed by atoms with Crippen LogP contribution >= 0.6 is 0 Å². The Kier molecular flexibility index (Phi) is 12.6. The summed E-state index contributed by atoms with van der Waals surface area (Å²) < 4.78 is 6.04. The predicted molar refractivity (Wildman–Crippen MR) is 208 cm³/mol. The molecular formula is C45H73NO7. The van der Waals surface area contributed by atoms with Gasteiger partial charge in [0, 0.05) is 18.4 Å². The number of unbranched alkanes of at least 4 members (excludes halogenated alkanes) is 7. The van der Waals surface area contributed by atoms with Gasteiger partial charge in [-0.1, -0.05) is 98.6 Å². The van der Waals surface area contributed by atoms with E-state index in [1.807, 2.05) is 0 Å². The summed E-state index contributed by atoms with van der Waals surface area (Å²) in [6, 6.07) is 0. The van der Waals surface area contributed by atoms with Crippen LogP contribution in [-0.4, -0.2) is 46.7 Å². The van der Waals surface area contributed by atoms with Gasteiger partial charge >= 0.3 is 17.9 Å². The topological polar surface area (TPSA) is 130 Å². The van der Waals surface area contributed by atoms with E-state index < -0.39 is 17.9 Å². The number of aliphatic carboxylic acids is 2. The van der Waals surface area contributed by atoms with Crippen molar-refractivity contribution in [1.29, 1.82) is 0 Å². The van der Waals surface area contributed by atoms with Crippen molar-refractivity contribution in [3.05, 3.63) is 11.6 Å². The first-order chi connectivity index (χ1) is 24.8. The van der Waals surface area contributed by atoms with Crippen molar-refractivity contribution in [2.24, 2.45) is 50.2 Å². The lowest BCUT2D eigenvalue weighted by Crippen LogP contribution is -2.65. The molecule has 4 fully saturated rings. The number of fused-ring (bicyclic) bond motifs is 7. The summed E-state index contributed by atoms with van der Waals surface area (Å²) in [6.07, 6.45) is 21.1. The summed E-state index contributed by atoms with van der Waals surface area (Å²) >= 11 is 0. The molecule has 0 heterocycles. The fourth-order valence-electron chi connectivity index (χ4n) is 13.1. The molecule has 8 heteroatoms. The van der Waals surface area contributed by atoms with Crippen LogP contribution in [0.25, 0.3) is 0 Å². The van der Waals surface area contributed by atoms with Gasteiger partial charge in [-0.3, -0.25) is 19.2 Å². The van der Waals surface area contributed by atoms with Crippen molar-refractivity contribution < 1.29 is 34.1 Å². The molecule has 0 aromatic heterocycles. The molecule has 0 aromatic carbocycles. The van der Waals surface area contributed by atoms with Crippen molar-refractivity contribution in [2.45, 2.75) is 189 Å². The Morgan fingerprint density at radius 2 is 1.34 bits per heavy atom. The van der Waals surface area contributed by atoms with Gasteiger partial charge in [0.1, 0.15) is 6.10 Å². The highest BCUT2D eigenvalue weighted by atomic mass is 16.5. The van der Waals surface area contributed by atoms with Gasteiger partial charge in [0.05, 0.1) is 18.3 Å². The lowest BCUT2D eigenvalue weighted by molar-refractivity contribution is -0.213. The first-order valence-corrected chi connectivity index (χ1v) is 21.4. The van der Waals surface area contributed by atoms with E-state index in [2.05, 4.69) is 59.9 Å². The molecule has 5 rings (SSSR count). The number of carbonyl (C=O) groups is 4. The number of amides is 1. The van der Waals surface area contributed by atoms with Crippen LogP contribution in [0.5, 0.6) is 0 Å². The zero-order valence-electron chi connectivity index (χ0n) is 34.4. The molecule has 3 N–H and O–H groups in total. The average Bonchev–Trinajstić information content (AvgIpc) is 3.07. The number of hydrogen-bond acceptors (Lipinski definition) is 5. The molecule has 300 valence electrons. The molecule has 0 bridgehead atoms. The Labute approximate surface area is 320 Å². The Balaban J connectivity index is 1.26. The number of hydrogen-bond donors (Lipinski definition) is 3. The Morgan fingerprint density at radius 3 is 2.00 bits per heavy atom. The molecule has 0 aliphatic heterocycles. The van der Waals surface area contributed by atoms with Crippen molar-refractivity contribution in [2.75, 3.05) is 6.54 Å². The van der Waals surface area contributed by atoms with Crippen molar-refractivity contribution >= 4 is 23.8 Å². The van der Waals surface area contributed by atoms with E-state index in [4.69, 9.17) is 14.9 Å². The van der Waals surface area contributed by atoms with Crippen molar-refractivity contribution in [3.8, 4) is 0 Å². The van der Waals surface area contributed by atoms with Crippen LogP contribution in [0, 0.1) is 50.2 Å². The van der Waals surface area contributed by atoms with Gasteiger partial charge in [0.15, 0.2) is 0 Å². The lowest BCUT2D eigenvalue weighted by atomic mass is 9.33. The Morgan fingerprint density at radius 1 is 0.717 bits per heavy atom. The zero-order chi connectivity index (χ0) is 38.9. The fraction of sp³-hybridized carbons (Fsp3) is 0.867. The molecule has 4 saturated carbocycles. The van der Waals surface area contributed by atoms with Crippen molar-refractivity contribution in [3.63, 3.8) is 0 Å². The molecule has 3 unspecified atom stereocenters. The molecule has 8 nitrogen and oxygen atoms in total. The largest absolute Gasteiger partial charge is 0.481 e. The number of allylic oxidation sites excluding steroid dienone is 2. The maximum absolute atomic E-state index is 14.4. The van der Waals surface area contributed by atoms with Crippen LogP contribution in [0.2, 0.25) is 0 Å². The molecule has 0 spiro atoms. The van der Waals surface area contributed by atoms with Crippen LogP contribution in [0.15, 0.2) is 11.6 Å². The average molecular weight is 740 g/mol. The quantitative estimate of drug-likeness (QED) is 0.0816. The van der Waals surface area contributed by atoms with Crippen LogP contribution in [0.3, 0.4) is 0 Å². The van der Waals surface area contributed by atoms with E-state index in [-0.39, 0.29) is 63.8 Å². The SMILES string of the molecule is CC1(C)CC[C@]2(C(=O)NCCCCCCCCCCC(=O)O)CC[C@]3(C)C(=CCC4[C@@]5(C)CC[C@H](OC(=O)CCC(=O)O)C(C)(C)C5CC[C@]43C)C2C1. The second-order valence-corrected chi connectivity index (χ2v) is 20.3. The Bertz CT molecular complexity index is 1400. The number of ether oxygens (including phenoxy) is 1. The van der Waals surface area contributed by atoms with Gasteiger partial charge in [0.2, 0.25) is 5.91 Å². The molecule has 8 atom stereocenters. The van der Waals surface area contributed by atoms with Crippen LogP contribution in [0.4, 0.5) is 0 Å². The number of carboxylic acids is 2. The molecular weight excluding hydrogens is 666 g/mol. The van der Waals surface area contributed by atoms with E-state index in [0.29, 0.717) is 17.7 Å². The summed E-state index contributed by atoms with van der Waals surface area (Å²) in [5, 5.41) is 21.4. The Hall–Kier alpha value is -2.38.